The highest BCUT2D eigenvalue weighted by atomic mass is 32.1. The number of rotatable bonds is 3. The molecule has 11 heteroatoms. The van der Waals surface area contributed by atoms with Crippen LogP contribution in [0.1, 0.15) is 29.9 Å². The lowest BCUT2D eigenvalue weighted by Crippen LogP contribution is -2.49. The second-order valence-corrected chi connectivity index (χ2v) is 9.59. The lowest BCUT2D eigenvalue weighted by atomic mass is 10.1. The summed E-state index contributed by atoms with van der Waals surface area (Å²) in [5.41, 5.74) is 1.80. The summed E-state index contributed by atoms with van der Waals surface area (Å²) in [7, 11) is 1.61. The molecule has 4 heterocycles. The molecule has 0 aliphatic carbocycles. The van der Waals surface area contributed by atoms with Gasteiger partial charge in [-0.15, -0.1) is 11.3 Å². The minimum absolute atomic E-state index is 0.0363. The van der Waals surface area contributed by atoms with Crippen molar-refractivity contribution in [3.8, 4) is 28.8 Å². The maximum atomic E-state index is 13.2. The highest BCUT2D eigenvalue weighted by Crippen LogP contribution is 2.32. The third kappa shape index (κ3) is 4.64. The fraction of sp³-hybridized carbons (Fsp3) is 0.240. The number of benzene rings is 1. The van der Waals surface area contributed by atoms with Gasteiger partial charge in [-0.3, -0.25) is 14.0 Å². The second kappa shape index (κ2) is 9.07. The Morgan fingerprint density at radius 2 is 2.08 bits per heavy atom. The number of hydrogen-bond acceptors (Lipinski definition) is 8. The summed E-state index contributed by atoms with van der Waals surface area (Å²) in [5.74, 6) is 5.33. The first-order chi connectivity index (χ1) is 17.2. The molecule has 3 aromatic heterocycles. The minimum atomic E-state index is -1.14. The molecule has 36 heavy (non-hydrogen) atoms. The summed E-state index contributed by atoms with van der Waals surface area (Å²) in [4.78, 5) is 40.8. The Labute approximate surface area is 210 Å². The van der Waals surface area contributed by atoms with Crippen LogP contribution in [-0.4, -0.2) is 61.6 Å². The van der Waals surface area contributed by atoms with Gasteiger partial charge in [0.15, 0.2) is 4.96 Å². The topological polar surface area (TPSA) is 122 Å². The van der Waals surface area contributed by atoms with E-state index in [4.69, 9.17) is 4.74 Å². The van der Waals surface area contributed by atoms with Crippen LogP contribution in [0.4, 0.5) is 5.69 Å². The van der Waals surface area contributed by atoms with Crippen LogP contribution in [0.5, 0.6) is 5.75 Å². The predicted octanol–water partition coefficient (Wildman–Crippen LogP) is 2.13. The van der Waals surface area contributed by atoms with Crippen molar-refractivity contribution < 1.29 is 19.4 Å². The molecular weight excluding hydrogens is 480 g/mol. The molecular formula is C25H22N6O4S. The number of ether oxygens (including phenoxy) is 1. The molecule has 0 saturated heterocycles. The van der Waals surface area contributed by atoms with Crippen LogP contribution in [0.25, 0.3) is 16.2 Å². The van der Waals surface area contributed by atoms with Crippen molar-refractivity contribution in [2.24, 2.45) is 0 Å². The van der Waals surface area contributed by atoms with Gasteiger partial charge in [-0.2, -0.15) is 0 Å². The third-order valence-corrected chi connectivity index (χ3v) is 6.31. The van der Waals surface area contributed by atoms with Gasteiger partial charge in [-0.1, -0.05) is 11.8 Å². The molecule has 0 radical (unpaired) electrons. The smallest absolute Gasteiger partial charge is 0.272 e. The van der Waals surface area contributed by atoms with E-state index in [1.807, 2.05) is 5.38 Å². The molecule has 1 aromatic carbocycles. The minimum Gasteiger partial charge on any atom is -0.489 e. The van der Waals surface area contributed by atoms with Crippen LogP contribution >= 0.6 is 11.3 Å². The lowest BCUT2D eigenvalue weighted by Gasteiger charge is -2.20. The number of amides is 2. The van der Waals surface area contributed by atoms with Gasteiger partial charge in [0.1, 0.15) is 36.0 Å². The molecule has 0 spiro atoms. The van der Waals surface area contributed by atoms with Crippen LogP contribution in [0.15, 0.2) is 48.5 Å². The molecule has 5 rings (SSSR count). The number of likely N-dealkylation sites (N-methyl/N-ethyl adjacent to an activating group) is 1. The van der Waals surface area contributed by atoms with Crippen LogP contribution in [0, 0.1) is 11.8 Å². The summed E-state index contributed by atoms with van der Waals surface area (Å²) in [6.07, 6.45) is 6.44. The molecule has 2 amide bonds. The standard InChI is InChI=1S/C25H22N6O4S/c1-25(2,34)7-6-15-4-5-21-19(8-15)30(3)23(33)18(12-35-21)28-22(32)17-11-31-20(13-36-24(31)29-17)16-9-26-14-27-10-16/h4-5,8-11,13-14,18,34H,12H2,1-3H3,(H,28,32)/t18-/m0/s1. The summed E-state index contributed by atoms with van der Waals surface area (Å²) >= 11 is 1.39. The molecule has 1 atom stereocenters. The van der Waals surface area contributed by atoms with Crippen molar-refractivity contribution in [2.45, 2.75) is 25.5 Å². The van der Waals surface area contributed by atoms with Crippen LogP contribution in [0.3, 0.4) is 0 Å². The number of thiazole rings is 1. The predicted molar refractivity (Wildman–Crippen MR) is 134 cm³/mol. The van der Waals surface area contributed by atoms with E-state index < -0.39 is 17.6 Å². The zero-order valence-corrected chi connectivity index (χ0v) is 20.5. The number of anilines is 1. The second-order valence-electron chi connectivity index (χ2n) is 8.75. The summed E-state index contributed by atoms with van der Waals surface area (Å²) in [6, 6.07) is 4.27. The molecule has 0 unspecified atom stereocenters. The van der Waals surface area contributed by atoms with E-state index >= 15 is 0 Å². The van der Waals surface area contributed by atoms with Gasteiger partial charge in [0.25, 0.3) is 11.8 Å². The van der Waals surface area contributed by atoms with E-state index in [2.05, 4.69) is 32.1 Å². The van der Waals surface area contributed by atoms with Crippen molar-refractivity contribution in [1.29, 1.82) is 0 Å². The SMILES string of the molecule is CN1C(=O)[C@@H](NC(=O)c2cn3c(-c4cncnc4)csc3n2)COc2ccc(C#CC(C)(C)O)cc21. The van der Waals surface area contributed by atoms with E-state index in [1.54, 1.807) is 62.1 Å². The number of aliphatic hydroxyl groups is 1. The normalized spacial score (nSPS) is 15.5. The number of carbonyl (C=O) groups excluding carboxylic acids is 2. The van der Waals surface area contributed by atoms with Gasteiger partial charge >= 0.3 is 0 Å². The molecule has 2 N–H and O–H groups in total. The Morgan fingerprint density at radius 3 is 2.83 bits per heavy atom. The van der Waals surface area contributed by atoms with Crippen molar-refractivity contribution in [2.75, 3.05) is 18.6 Å². The number of nitrogens with zero attached hydrogens (tertiary/aromatic N) is 5. The molecule has 1 aliphatic heterocycles. The molecule has 10 nitrogen and oxygen atoms in total. The first kappa shape index (κ1) is 23.5. The molecule has 1 aliphatic rings. The van der Waals surface area contributed by atoms with Crippen LogP contribution < -0.4 is 15.0 Å². The van der Waals surface area contributed by atoms with Crippen molar-refractivity contribution in [1.82, 2.24) is 24.7 Å². The number of imidazole rings is 1. The zero-order valence-electron chi connectivity index (χ0n) is 19.7. The summed E-state index contributed by atoms with van der Waals surface area (Å²) in [6.45, 7) is 3.15. The maximum absolute atomic E-state index is 13.2. The van der Waals surface area contributed by atoms with E-state index in [0.717, 1.165) is 11.3 Å². The van der Waals surface area contributed by atoms with Crippen molar-refractivity contribution >= 4 is 33.8 Å². The van der Waals surface area contributed by atoms with Gasteiger partial charge in [0.05, 0.1) is 11.4 Å². The Morgan fingerprint density at radius 1 is 1.31 bits per heavy atom. The maximum Gasteiger partial charge on any atom is 0.272 e. The quantitative estimate of drug-likeness (QED) is 0.412. The number of carbonyl (C=O) groups is 2. The van der Waals surface area contributed by atoms with Gasteiger partial charge in [-0.25, -0.2) is 15.0 Å². The zero-order chi connectivity index (χ0) is 25.4. The number of aromatic nitrogens is 4. The Bertz CT molecular complexity index is 1530. The van der Waals surface area contributed by atoms with Gasteiger partial charge in [-0.05, 0) is 32.0 Å². The van der Waals surface area contributed by atoms with Crippen LogP contribution in [0.2, 0.25) is 0 Å². The van der Waals surface area contributed by atoms with E-state index in [9.17, 15) is 14.7 Å². The highest BCUT2D eigenvalue weighted by Gasteiger charge is 2.31. The first-order valence-electron chi connectivity index (χ1n) is 11.0. The van der Waals surface area contributed by atoms with E-state index in [-0.39, 0.29) is 18.2 Å². The van der Waals surface area contributed by atoms with Crippen molar-refractivity contribution in [3.63, 3.8) is 0 Å². The Balaban J connectivity index is 1.35. The number of hydrogen-bond donors (Lipinski definition) is 2. The van der Waals surface area contributed by atoms with Gasteiger partial charge in [0.2, 0.25) is 0 Å². The van der Waals surface area contributed by atoms with Crippen LogP contribution in [-0.2, 0) is 4.79 Å². The van der Waals surface area contributed by atoms with E-state index in [0.29, 0.717) is 22.0 Å². The monoisotopic (exact) mass is 502 g/mol. The molecule has 0 bridgehead atoms. The highest BCUT2D eigenvalue weighted by molar-refractivity contribution is 7.15. The number of fused-ring (bicyclic) bond motifs is 2. The molecule has 182 valence electrons. The molecule has 0 fully saturated rings. The summed E-state index contributed by atoms with van der Waals surface area (Å²) < 4.78 is 7.64. The average Bonchev–Trinajstić information content (AvgIpc) is 3.43. The lowest BCUT2D eigenvalue weighted by molar-refractivity contribution is -0.120. The third-order valence-electron chi connectivity index (χ3n) is 5.47. The van der Waals surface area contributed by atoms with E-state index in [1.165, 1.54) is 22.6 Å². The number of nitrogens with one attached hydrogen (secondary N) is 1. The fourth-order valence-corrected chi connectivity index (χ4v) is 4.55. The summed E-state index contributed by atoms with van der Waals surface area (Å²) in [5, 5.41) is 14.5. The largest absolute Gasteiger partial charge is 0.489 e. The Hall–Kier alpha value is -4.27. The molecule has 4 aromatic rings. The first-order valence-corrected chi connectivity index (χ1v) is 11.9. The van der Waals surface area contributed by atoms with Crippen molar-refractivity contribution in [3.05, 3.63) is 59.8 Å². The Kier molecular flexibility index (Phi) is 5.91. The van der Waals surface area contributed by atoms with Gasteiger partial charge < -0.3 is 20.1 Å². The fourth-order valence-electron chi connectivity index (χ4n) is 3.67. The average molecular weight is 503 g/mol. The molecule has 0 saturated carbocycles. The van der Waals surface area contributed by atoms with Gasteiger partial charge in [0, 0.05) is 42.1 Å².